The van der Waals surface area contributed by atoms with E-state index in [1.54, 1.807) is 0 Å². The molecule has 0 spiro atoms. The molecule has 2 rings (SSSR count). The van der Waals surface area contributed by atoms with Crippen LogP contribution in [0.15, 0.2) is 18.2 Å². The van der Waals surface area contributed by atoms with Crippen molar-refractivity contribution in [1.82, 2.24) is 5.32 Å². The van der Waals surface area contributed by atoms with E-state index in [9.17, 15) is 0 Å². The molecular weight excluding hydrogens is 359 g/mol. The van der Waals surface area contributed by atoms with Crippen LogP contribution >= 0.6 is 34.2 Å². The van der Waals surface area contributed by atoms with Crippen molar-refractivity contribution in [3.63, 3.8) is 0 Å². The van der Waals surface area contributed by atoms with Crippen LogP contribution in [0.25, 0.3) is 0 Å². The first-order valence-corrected chi connectivity index (χ1v) is 8.09. The molecule has 1 aromatic rings. The smallest absolute Gasteiger partial charge is 0.0502 e. The van der Waals surface area contributed by atoms with E-state index >= 15 is 0 Å². The normalized spacial score (nSPS) is 17.2. The highest BCUT2D eigenvalue weighted by atomic mass is 127. The average molecular weight is 379 g/mol. The summed E-state index contributed by atoms with van der Waals surface area (Å²) in [5, 5.41) is 4.44. The van der Waals surface area contributed by atoms with Crippen molar-refractivity contribution in [2.24, 2.45) is 0 Å². The molecular formula is C14H20ClIN2. The highest BCUT2D eigenvalue weighted by Crippen LogP contribution is 2.28. The van der Waals surface area contributed by atoms with Gasteiger partial charge in [-0.2, -0.15) is 0 Å². The number of hydrogen-bond acceptors (Lipinski definition) is 2. The summed E-state index contributed by atoms with van der Waals surface area (Å²) in [6, 6.07) is 6.87. The molecule has 0 saturated carbocycles. The highest BCUT2D eigenvalue weighted by molar-refractivity contribution is 14.1. The molecule has 1 aromatic carbocycles. The zero-order valence-electron chi connectivity index (χ0n) is 10.8. The third-order valence-electron chi connectivity index (χ3n) is 3.43. The lowest BCUT2D eigenvalue weighted by Crippen LogP contribution is -2.43. The Kier molecular flexibility index (Phi) is 5.57. The van der Waals surface area contributed by atoms with Crippen molar-refractivity contribution < 1.29 is 0 Å². The van der Waals surface area contributed by atoms with Crippen LogP contribution in [0.2, 0.25) is 5.02 Å². The third kappa shape index (κ3) is 3.75. The Hall–Kier alpha value is -0.000000000000000111. The number of rotatable bonds is 4. The standard InChI is InChI=1S/C14H20ClIN2/c1-2-7-17-12-5-8-18(9-6-12)14-4-3-11(15)10-13(14)16/h3-4,10,12,17H,2,5-9H2,1H3. The zero-order valence-corrected chi connectivity index (χ0v) is 13.7. The molecule has 4 heteroatoms. The van der Waals surface area contributed by atoms with Crippen LogP contribution in [0.4, 0.5) is 5.69 Å². The lowest BCUT2D eigenvalue weighted by atomic mass is 10.0. The first-order valence-electron chi connectivity index (χ1n) is 6.64. The molecule has 0 bridgehead atoms. The molecule has 2 nitrogen and oxygen atoms in total. The summed E-state index contributed by atoms with van der Waals surface area (Å²) in [7, 11) is 0. The first kappa shape index (κ1) is 14.4. The van der Waals surface area contributed by atoms with E-state index in [1.165, 1.54) is 28.5 Å². The molecule has 1 aliphatic rings. The highest BCUT2D eigenvalue weighted by Gasteiger charge is 2.19. The minimum absolute atomic E-state index is 0.700. The van der Waals surface area contributed by atoms with Gasteiger partial charge in [-0.1, -0.05) is 18.5 Å². The summed E-state index contributed by atoms with van der Waals surface area (Å²) >= 11 is 8.38. The second-order valence-corrected chi connectivity index (χ2v) is 6.41. The van der Waals surface area contributed by atoms with Crippen LogP contribution in [0.5, 0.6) is 0 Å². The fourth-order valence-corrected chi connectivity index (χ4v) is 3.62. The minimum Gasteiger partial charge on any atom is -0.371 e. The second kappa shape index (κ2) is 6.96. The summed E-state index contributed by atoms with van der Waals surface area (Å²) in [4.78, 5) is 2.47. The molecule has 0 amide bonds. The van der Waals surface area contributed by atoms with Crippen molar-refractivity contribution in [2.45, 2.75) is 32.2 Å². The first-order chi connectivity index (χ1) is 8.70. The van der Waals surface area contributed by atoms with Gasteiger partial charge in [0, 0.05) is 27.7 Å². The molecule has 0 unspecified atom stereocenters. The molecule has 18 heavy (non-hydrogen) atoms. The van der Waals surface area contributed by atoms with Gasteiger partial charge in [-0.25, -0.2) is 0 Å². The summed E-state index contributed by atoms with van der Waals surface area (Å²) in [5.41, 5.74) is 1.33. The van der Waals surface area contributed by atoms with Gasteiger partial charge in [0.1, 0.15) is 0 Å². The van der Waals surface area contributed by atoms with Crippen LogP contribution in [-0.4, -0.2) is 25.7 Å². The van der Waals surface area contributed by atoms with Gasteiger partial charge in [-0.15, -0.1) is 0 Å². The molecule has 100 valence electrons. The minimum atomic E-state index is 0.700. The third-order valence-corrected chi connectivity index (χ3v) is 4.53. The number of nitrogens with zero attached hydrogens (tertiary/aromatic N) is 1. The van der Waals surface area contributed by atoms with E-state index in [4.69, 9.17) is 11.6 Å². The topological polar surface area (TPSA) is 15.3 Å². The fraction of sp³-hybridized carbons (Fsp3) is 0.571. The number of piperidine rings is 1. The van der Waals surface area contributed by atoms with Gasteiger partial charge in [0.25, 0.3) is 0 Å². The van der Waals surface area contributed by atoms with Crippen molar-refractivity contribution in [2.75, 3.05) is 24.5 Å². The number of benzene rings is 1. The largest absolute Gasteiger partial charge is 0.371 e. The Morgan fingerprint density at radius 3 is 2.72 bits per heavy atom. The van der Waals surface area contributed by atoms with Gasteiger partial charge < -0.3 is 10.2 Å². The zero-order chi connectivity index (χ0) is 13.0. The van der Waals surface area contributed by atoms with Crippen LogP contribution < -0.4 is 10.2 Å². The maximum Gasteiger partial charge on any atom is 0.0502 e. The molecule has 1 aliphatic heterocycles. The monoisotopic (exact) mass is 378 g/mol. The maximum atomic E-state index is 6.00. The molecule has 1 N–H and O–H groups in total. The fourth-order valence-electron chi connectivity index (χ4n) is 2.41. The van der Waals surface area contributed by atoms with Crippen molar-refractivity contribution in [3.05, 3.63) is 26.8 Å². The van der Waals surface area contributed by atoms with E-state index in [0.717, 1.165) is 24.7 Å². The van der Waals surface area contributed by atoms with Crippen LogP contribution in [0.1, 0.15) is 26.2 Å². The predicted octanol–water partition coefficient (Wildman–Crippen LogP) is 3.91. The van der Waals surface area contributed by atoms with Gasteiger partial charge in [0.15, 0.2) is 0 Å². The molecule has 0 aromatic heterocycles. The van der Waals surface area contributed by atoms with Crippen LogP contribution in [0, 0.1) is 3.57 Å². The van der Waals surface area contributed by atoms with E-state index in [1.807, 2.05) is 12.1 Å². The van der Waals surface area contributed by atoms with Crippen molar-refractivity contribution in [3.8, 4) is 0 Å². The predicted molar refractivity (Wildman–Crippen MR) is 87.7 cm³/mol. The molecule has 0 aliphatic carbocycles. The molecule has 1 saturated heterocycles. The SMILES string of the molecule is CCCNC1CCN(c2ccc(Cl)cc2I)CC1. The second-order valence-electron chi connectivity index (χ2n) is 4.81. The van der Waals surface area contributed by atoms with E-state index in [-0.39, 0.29) is 0 Å². The van der Waals surface area contributed by atoms with Gasteiger partial charge in [-0.3, -0.25) is 0 Å². The van der Waals surface area contributed by atoms with Crippen LogP contribution in [-0.2, 0) is 0 Å². The Morgan fingerprint density at radius 2 is 2.11 bits per heavy atom. The Labute approximate surface area is 128 Å². The van der Waals surface area contributed by atoms with Gasteiger partial charge >= 0.3 is 0 Å². The summed E-state index contributed by atoms with van der Waals surface area (Å²) in [6.45, 7) is 5.64. The number of hydrogen-bond donors (Lipinski definition) is 1. The quantitative estimate of drug-likeness (QED) is 0.799. The number of anilines is 1. The van der Waals surface area contributed by atoms with E-state index in [0.29, 0.717) is 6.04 Å². The molecule has 1 fully saturated rings. The van der Waals surface area contributed by atoms with Gasteiger partial charge in [0.05, 0.1) is 5.69 Å². The summed E-state index contributed by atoms with van der Waals surface area (Å²) in [5.74, 6) is 0. The summed E-state index contributed by atoms with van der Waals surface area (Å²) in [6.07, 6.45) is 3.69. The van der Waals surface area contributed by atoms with Gasteiger partial charge in [0.2, 0.25) is 0 Å². The van der Waals surface area contributed by atoms with Gasteiger partial charge in [-0.05, 0) is 66.6 Å². The average Bonchev–Trinajstić information content (AvgIpc) is 2.37. The van der Waals surface area contributed by atoms with E-state index < -0.39 is 0 Å². The van der Waals surface area contributed by atoms with E-state index in [2.05, 4.69) is 45.8 Å². The Morgan fingerprint density at radius 1 is 1.39 bits per heavy atom. The molecule has 0 atom stereocenters. The molecule has 1 heterocycles. The lowest BCUT2D eigenvalue weighted by Gasteiger charge is -2.34. The Balaban J connectivity index is 1.93. The Bertz CT molecular complexity index is 389. The number of halogens is 2. The maximum absolute atomic E-state index is 6.00. The van der Waals surface area contributed by atoms with Crippen molar-refractivity contribution in [1.29, 1.82) is 0 Å². The number of nitrogens with one attached hydrogen (secondary N) is 1. The van der Waals surface area contributed by atoms with Crippen LogP contribution in [0.3, 0.4) is 0 Å². The summed E-state index contributed by atoms with van der Waals surface area (Å²) < 4.78 is 1.25. The molecule has 0 radical (unpaired) electrons. The lowest BCUT2D eigenvalue weighted by molar-refractivity contribution is 0.415. The van der Waals surface area contributed by atoms with Crippen molar-refractivity contribution >= 4 is 39.9 Å².